The van der Waals surface area contributed by atoms with Crippen LogP contribution in [0.5, 0.6) is 0 Å². The van der Waals surface area contributed by atoms with Crippen LogP contribution in [0.2, 0.25) is 0 Å². The standard InChI is InChI=1S/C23H26N4OS/c1-16(2)24-22(28)19-12-8-9-17(13-19)15-29-23-25-20(14-21(26-23)27(3)4)18-10-6-5-7-11-18/h5-14,16H,15H2,1-4H3,(H,24,28). The third-order valence-electron chi connectivity index (χ3n) is 4.20. The number of benzene rings is 2. The number of hydrogen-bond acceptors (Lipinski definition) is 5. The lowest BCUT2D eigenvalue weighted by atomic mass is 10.1. The van der Waals surface area contributed by atoms with Crippen LogP contribution in [0.25, 0.3) is 11.3 Å². The van der Waals surface area contributed by atoms with Gasteiger partial charge in [0.15, 0.2) is 5.16 Å². The molecule has 0 aliphatic heterocycles. The first kappa shape index (κ1) is 20.9. The number of nitrogens with zero attached hydrogens (tertiary/aromatic N) is 3. The summed E-state index contributed by atoms with van der Waals surface area (Å²) >= 11 is 1.57. The second-order valence-electron chi connectivity index (χ2n) is 7.27. The van der Waals surface area contributed by atoms with Crippen molar-refractivity contribution < 1.29 is 4.79 Å². The lowest BCUT2D eigenvalue weighted by Crippen LogP contribution is -2.30. The Morgan fingerprint density at radius 3 is 2.48 bits per heavy atom. The van der Waals surface area contributed by atoms with Crippen LogP contribution >= 0.6 is 11.8 Å². The molecule has 29 heavy (non-hydrogen) atoms. The average molecular weight is 407 g/mol. The van der Waals surface area contributed by atoms with Gasteiger partial charge in [-0.1, -0.05) is 54.2 Å². The van der Waals surface area contributed by atoms with Crippen molar-refractivity contribution in [2.75, 3.05) is 19.0 Å². The Kier molecular flexibility index (Phi) is 6.88. The molecule has 6 heteroatoms. The predicted molar refractivity (Wildman–Crippen MR) is 120 cm³/mol. The van der Waals surface area contributed by atoms with Gasteiger partial charge in [0.2, 0.25) is 0 Å². The Bertz CT molecular complexity index is 974. The molecular formula is C23H26N4OS. The highest BCUT2D eigenvalue weighted by atomic mass is 32.2. The molecule has 0 atom stereocenters. The largest absolute Gasteiger partial charge is 0.363 e. The quantitative estimate of drug-likeness (QED) is 0.458. The van der Waals surface area contributed by atoms with Gasteiger partial charge in [-0.3, -0.25) is 4.79 Å². The van der Waals surface area contributed by atoms with Gasteiger partial charge >= 0.3 is 0 Å². The molecule has 0 fully saturated rings. The summed E-state index contributed by atoms with van der Waals surface area (Å²) in [6.07, 6.45) is 0. The second kappa shape index (κ2) is 9.56. The molecule has 1 aromatic heterocycles. The third-order valence-corrected chi connectivity index (χ3v) is 5.12. The van der Waals surface area contributed by atoms with E-state index in [0.717, 1.165) is 22.6 Å². The van der Waals surface area contributed by atoms with Gasteiger partial charge in [-0.2, -0.15) is 0 Å². The molecular weight excluding hydrogens is 380 g/mol. The van der Waals surface area contributed by atoms with Crippen LogP contribution in [-0.2, 0) is 5.75 Å². The maximum atomic E-state index is 12.3. The Morgan fingerprint density at radius 1 is 1.03 bits per heavy atom. The fourth-order valence-corrected chi connectivity index (χ4v) is 3.56. The number of carbonyl (C=O) groups is 1. The van der Waals surface area contributed by atoms with Gasteiger partial charge in [0.1, 0.15) is 5.82 Å². The molecule has 150 valence electrons. The molecule has 1 heterocycles. The molecule has 1 amide bonds. The summed E-state index contributed by atoms with van der Waals surface area (Å²) in [6, 6.07) is 19.9. The van der Waals surface area contributed by atoms with Crippen molar-refractivity contribution in [3.63, 3.8) is 0 Å². The molecule has 0 spiro atoms. The minimum atomic E-state index is -0.0518. The van der Waals surface area contributed by atoms with Crippen LogP contribution in [-0.4, -0.2) is 36.0 Å². The first-order valence-electron chi connectivity index (χ1n) is 9.57. The minimum absolute atomic E-state index is 0.0518. The van der Waals surface area contributed by atoms with Crippen LogP contribution in [0.3, 0.4) is 0 Å². The third kappa shape index (κ3) is 5.81. The molecule has 0 saturated heterocycles. The van der Waals surface area contributed by atoms with E-state index >= 15 is 0 Å². The summed E-state index contributed by atoms with van der Waals surface area (Å²) in [4.78, 5) is 23.6. The van der Waals surface area contributed by atoms with E-state index in [2.05, 4.69) is 10.3 Å². The number of hydrogen-bond donors (Lipinski definition) is 1. The van der Waals surface area contributed by atoms with Crippen molar-refractivity contribution in [1.29, 1.82) is 0 Å². The highest BCUT2D eigenvalue weighted by Crippen LogP contribution is 2.27. The first-order valence-corrected chi connectivity index (χ1v) is 10.6. The van der Waals surface area contributed by atoms with Gasteiger partial charge in [-0.25, -0.2) is 9.97 Å². The summed E-state index contributed by atoms with van der Waals surface area (Å²) in [6.45, 7) is 3.91. The Balaban J connectivity index is 1.80. The van der Waals surface area contributed by atoms with E-state index in [-0.39, 0.29) is 11.9 Å². The summed E-state index contributed by atoms with van der Waals surface area (Å²) in [5, 5.41) is 3.64. The maximum absolute atomic E-state index is 12.3. The van der Waals surface area contributed by atoms with Crippen LogP contribution in [0.15, 0.2) is 65.8 Å². The SMILES string of the molecule is CC(C)NC(=O)c1cccc(CSc2nc(-c3ccccc3)cc(N(C)C)n2)c1. The Labute approximate surface area is 176 Å². The van der Waals surface area contributed by atoms with E-state index in [1.54, 1.807) is 11.8 Å². The molecule has 3 rings (SSSR count). The molecule has 0 saturated carbocycles. The van der Waals surface area contributed by atoms with Crippen molar-refractivity contribution in [3.8, 4) is 11.3 Å². The highest BCUT2D eigenvalue weighted by molar-refractivity contribution is 7.98. The number of anilines is 1. The molecule has 0 radical (unpaired) electrons. The lowest BCUT2D eigenvalue weighted by Gasteiger charge is -2.14. The van der Waals surface area contributed by atoms with Gasteiger partial charge in [-0.05, 0) is 31.5 Å². The molecule has 0 aliphatic rings. The van der Waals surface area contributed by atoms with Crippen LogP contribution in [0.4, 0.5) is 5.82 Å². The van der Waals surface area contributed by atoms with Gasteiger partial charge < -0.3 is 10.2 Å². The van der Waals surface area contributed by atoms with Crippen molar-refractivity contribution >= 4 is 23.5 Å². The van der Waals surface area contributed by atoms with Crippen LogP contribution in [0, 0.1) is 0 Å². The molecule has 0 bridgehead atoms. The monoisotopic (exact) mass is 406 g/mol. The first-order chi connectivity index (χ1) is 13.9. The van der Waals surface area contributed by atoms with E-state index in [1.807, 2.05) is 93.5 Å². The zero-order valence-corrected chi connectivity index (χ0v) is 18.0. The number of aromatic nitrogens is 2. The van der Waals surface area contributed by atoms with Gasteiger partial charge in [0.25, 0.3) is 5.91 Å². The highest BCUT2D eigenvalue weighted by Gasteiger charge is 2.11. The van der Waals surface area contributed by atoms with Gasteiger partial charge in [0, 0.05) is 43.1 Å². The number of nitrogens with one attached hydrogen (secondary N) is 1. The Morgan fingerprint density at radius 2 is 1.79 bits per heavy atom. The lowest BCUT2D eigenvalue weighted by molar-refractivity contribution is 0.0943. The molecule has 2 aromatic carbocycles. The second-order valence-corrected chi connectivity index (χ2v) is 8.21. The van der Waals surface area contributed by atoms with Gasteiger partial charge in [-0.15, -0.1) is 0 Å². The Hall–Kier alpha value is -2.86. The predicted octanol–water partition coefficient (Wildman–Crippen LogP) is 4.64. The van der Waals surface area contributed by atoms with E-state index in [0.29, 0.717) is 16.5 Å². The smallest absolute Gasteiger partial charge is 0.251 e. The normalized spacial score (nSPS) is 10.8. The van der Waals surface area contributed by atoms with E-state index in [4.69, 9.17) is 4.98 Å². The fraction of sp³-hybridized carbons (Fsp3) is 0.261. The number of carbonyl (C=O) groups excluding carboxylic acids is 1. The van der Waals surface area contributed by atoms with Crippen molar-refractivity contribution in [3.05, 3.63) is 71.8 Å². The zero-order chi connectivity index (χ0) is 20.8. The van der Waals surface area contributed by atoms with E-state index < -0.39 is 0 Å². The summed E-state index contributed by atoms with van der Waals surface area (Å²) < 4.78 is 0. The zero-order valence-electron chi connectivity index (χ0n) is 17.2. The maximum Gasteiger partial charge on any atom is 0.251 e. The number of thioether (sulfide) groups is 1. The molecule has 1 N–H and O–H groups in total. The summed E-state index contributed by atoms with van der Waals surface area (Å²) in [5.74, 6) is 1.50. The number of amides is 1. The van der Waals surface area contributed by atoms with Crippen molar-refractivity contribution in [1.82, 2.24) is 15.3 Å². The van der Waals surface area contributed by atoms with Crippen LogP contribution in [0.1, 0.15) is 29.8 Å². The van der Waals surface area contributed by atoms with Crippen molar-refractivity contribution in [2.24, 2.45) is 0 Å². The molecule has 3 aromatic rings. The fourth-order valence-electron chi connectivity index (χ4n) is 2.76. The molecule has 5 nitrogen and oxygen atoms in total. The minimum Gasteiger partial charge on any atom is -0.363 e. The van der Waals surface area contributed by atoms with Gasteiger partial charge in [0.05, 0.1) is 5.69 Å². The summed E-state index contributed by atoms with van der Waals surface area (Å²) in [5.41, 5.74) is 3.69. The van der Waals surface area contributed by atoms with Crippen LogP contribution < -0.4 is 10.2 Å². The van der Waals surface area contributed by atoms with E-state index in [1.165, 1.54) is 0 Å². The van der Waals surface area contributed by atoms with Crippen molar-refractivity contribution in [2.45, 2.75) is 30.8 Å². The average Bonchev–Trinajstić information content (AvgIpc) is 2.72. The van der Waals surface area contributed by atoms with E-state index in [9.17, 15) is 4.79 Å². The summed E-state index contributed by atoms with van der Waals surface area (Å²) in [7, 11) is 3.95. The number of rotatable bonds is 7. The molecule has 0 unspecified atom stereocenters. The topological polar surface area (TPSA) is 58.1 Å². The molecule has 0 aliphatic carbocycles.